The molecule has 37 heavy (non-hydrogen) atoms. The number of pyridine rings is 1. The first-order chi connectivity index (χ1) is 17.9. The number of nitrogens with zero attached hydrogens (tertiary/aromatic N) is 1. The van der Waals surface area contributed by atoms with Crippen molar-refractivity contribution >= 4 is 40.1 Å². The monoisotopic (exact) mass is 499 g/mol. The molecule has 1 heterocycles. The minimum absolute atomic E-state index is 0.263. The maximum Gasteiger partial charge on any atom is 0.253 e. The second-order valence-corrected chi connectivity index (χ2v) is 9.38. The molecule has 1 aliphatic carbocycles. The molecule has 1 aromatic heterocycles. The minimum Gasteiger partial charge on any atom is -0.393 e. The molecule has 2 atom stereocenters. The fourth-order valence-corrected chi connectivity index (χ4v) is 4.88. The summed E-state index contributed by atoms with van der Waals surface area (Å²) in [6.45, 7) is 1.42. The highest BCUT2D eigenvalue weighted by atomic mass is 16.3. The molecule has 0 aliphatic heterocycles. The van der Waals surface area contributed by atoms with Crippen molar-refractivity contribution in [1.82, 2.24) is 15.6 Å². The third-order valence-electron chi connectivity index (χ3n) is 6.69. The molecule has 5 N–H and O–H groups in total. The highest BCUT2D eigenvalue weighted by molar-refractivity contribution is 6.13. The van der Waals surface area contributed by atoms with Crippen LogP contribution in [0, 0.1) is 5.41 Å². The quantitative estimate of drug-likeness (QED) is 0.299. The predicted octanol–water partition coefficient (Wildman–Crippen LogP) is 4.03. The lowest BCUT2D eigenvalue weighted by molar-refractivity contribution is -0.114. The number of hydrogen-bond donors (Lipinski definition) is 5. The number of hydrogen-bond acceptors (Lipinski definition) is 6. The Morgan fingerprint density at radius 1 is 1.14 bits per heavy atom. The molecule has 2 aromatic carbocycles. The van der Waals surface area contributed by atoms with Gasteiger partial charge in [-0.15, -0.1) is 0 Å². The van der Waals surface area contributed by atoms with Gasteiger partial charge in [-0.2, -0.15) is 0 Å². The zero-order valence-corrected chi connectivity index (χ0v) is 21.2. The zero-order chi connectivity index (χ0) is 26.4. The maximum atomic E-state index is 13.5. The molecule has 0 spiro atoms. The van der Waals surface area contributed by atoms with Gasteiger partial charge in [0.2, 0.25) is 5.91 Å². The Labute approximate surface area is 216 Å². The number of aliphatic hydroxyl groups excluding tert-OH is 1. The van der Waals surface area contributed by atoms with E-state index in [9.17, 15) is 14.7 Å². The van der Waals surface area contributed by atoms with E-state index in [0.29, 0.717) is 35.4 Å². The number of carbonyl (C=O) groups is 2. The maximum absolute atomic E-state index is 13.5. The van der Waals surface area contributed by atoms with Gasteiger partial charge < -0.3 is 26.5 Å². The molecule has 1 aliphatic rings. The van der Waals surface area contributed by atoms with Crippen molar-refractivity contribution in [3.63, 3.8) is 0 Å². The molecule has 8 heteroatoms. The van der Waals surface area contributed by atoms with Gasteiger partial charge in [0.05, 0.1) is 29.1 Å². The first-order valence-corrected chi connectivity index (χ1v) is 12.6. The van der Waals surface area contributed by atoms with E-state index in [-0.39, 0.29) is 17.9 Å². The van der Waals surface area contributed by atoms with Crippen LogP contribution in [0.15, 0.2) is 54.9 Å². The van der Waals surface area contributed by atoms with Gasteiger partial charge in [0, 0.05) is 43.5 Å². The van der Waals surface area contributed by atoms with Gasteiger partial charge in [-0.3, -0.25) is 14.6 Å². The van der Waals surface area contributed by atoms with Crippen molar-refractivity contribution in [2.24, 2.45) is 0 Å². The number of anilines is 1. The molecule has 0 bridgehead atoms. The molecule has 0 radical (unpaired) electrons. The molecule has 0 unspecified atom stereocenters. The van der Waals surface area contributed by atoms with Gasteiger partial charge in [0.1, 0.15) is 0 Å². The third-order valence-corrected chi connectivity index (χ3v) is 6.69. The summed E-state index contributed by atoms with van der Waals surface area (Å²) in [5.74, 6) is -0.580. The lowest BCUT2D eigenvalue weighted by Gasteiger charge is -2.29. The van der Waals surface area contributed by atoms with Crippen molar-refractivity contribution in [2.75, 3.05) is 12.4 Å². The number of aliphatic hydroxyl groups is 1. The van der Waals surface area contributed by atoms with Crippen LogP contribution in [0.2, 0.25) is 0 Å². The number of nitrogens with one attached hydrogen (secondary N) is 4. The third kappa shape index (κ3) is 6.03. The molecule has 2 amide bonds. The van der Waals surface area contributed by atoms with Crippen LogP contribution in [0.25, 0.3) is 16.3 Å². The van der Waals surface area contributed by atoms with Crippen LogP contribution < -0.4 is 16.0 Å². The number of amides is 2. The molecule has 4 rings (SSSR count). The van der Waals surface area contributed by atoms with E-state index in [1.807, 2.05) is 42.5 Å². The second kappa shape index (κ2) is 11.8. The Kier molecular flexibility index (Phi) is 8.30. The average Bonchev–Trinajstić information content (AvgIpc) is 2.90. The number of fused-ring (bicyclic) bond motifs is 1. The normalized spacial score (nSPS) is 17.8. The van der Waals surface area contributed by atoms with Crippen molar-refractivity contribution in [2.45, 2.75) is 51.2 Å². The van der Waals surface area contributed by atoms with Crippen molar-refractivity contribution < 1.29 is 14.7 Å². The SMILES string of the molecule is CN/C=C(\C=N)c1ccc(Cc2cc(C(=O)N[C@H]3CCCC[C@@H]3O)c(NC(C)=O)c3ccccc23)cn1. The fraction of sp³-hybridized carbons (Fsp3) is 0.310. The standard InChI is InChI=1S/C29H33N5O3/c1-18(35)33-28-23-8-4-3-7-22(23)20(13-19-11-12-25(32-16-19)21(15-30)17-31-2)14-24(28)29(37)34-26-9-5-6-10-27(26)36/h3-4,7-8,11-12,14-17,26-27,30-31,36H,5-6,9-10,13H2,1-2H3,(H,33,35)(H,34,37)/b21-17+,30-15?/t26-,27-/m0/s1. The Hall–Kier alpha value is -4.04. The Morgan fingerprint density at radius 2 is 1.89 bits per heavy atom. The first kappa shape index (κ1) is 26.0. The van der Waals surface area contributed by atoms with E-state index in [0.717, 1.165) is 41.2 Å². The van der Waals surface area contributed by atoms with Gasteiger partial charge in [0.25, 0.3) is 5.91 Å². The lowest BCUT2D eigenvalue weighted by atomic mass is 9.91. The smallest absolute Gasteiger partial charge is 0.253 e. The number of allylic oxidation sites excluding steroid dienone is 1. The number of carbonyl (C=O) groups excluding carboxylic acids is 2. The molecule has 1 fully saturated rings. The molecule has 192 valence electrons. The van der Waals surface area contributed by atoms with Crippen LogP contribution in [0.5, 0.6) is 0 Å². The molecule has 0 saturated heterocycles. The summed E-state index contributed by atoms with van der Waals surface area (Å²) in [7, 11) is 1.77. The zero-order valence-electron chi connectivity index (χ0n) is 21.2. The van der Waals surface area contributed by atoms with Gasteiger partial charge in [-0.1, -0.05) is 43.2 Å². The van der Waals surface area contributed by atoms with Gasteiger partial charge in [-0.25, -0.2) is 0 Å². The van der Waals surface area contributed by atoms with Gasteiger partial charge in [-0.05, 0) is 47.9 Å². The van der Waals surface area contributed by atoms with E-state index < -0.39 is 6.10 Å². The van der Waals surface area contributed by atoms with Crippen LogP contribution in [-0.2, 0) is 11.2 Å². The van der Waals surface area contributed by atoms with Crippen molar-refractivity contribution in [1.29, 1.82) is 5.41 Å². The highest BCUT2D eigenvalue weighted by Gasteiger charge is 2.27. The summed E-state index contributed by atoms with van der Waals surface area (Å²) in [4.78, 5) is 30.1. The Morgan fingerprint density at radius 3 is 2.54 bits per heavy atom. The number of aromatic nitrogens is 1. The largest absolute Gasteiger partial charge is 0.393 e. The van der Waals surface area contributed by atoms with Crippen LogP contribution in [0.1, 0.15) is 59.8 Å². The summed E-state index contributed by atoms with van der Waals surface area (Å²) in [5, 5.41) is 28.5. The topological polar surface area (TPSA) is 127 Å². The van der Waals surface area contributed by atoms with E-state index in [1.165, 1.54) is 13.1 Å². The predicted molar refractivity (Wildman–Crippen MR) is 147 cm³/mol. The van der Waals surface area contributed by atoms with Crippen molar-refractivity contribution in [3.8, 4) is 0 Å². The Bertz CT molecular complexity index is 1330. The van der Waals surface area contributed by atoms with Crippen LogP contribution in [0.3, 0.4) is 0 Å². The van der Waals surface area contributed by atoms with Crippen LogP contribution in [0.4, 0.5) is 5.69 Å². The molecule has 8 nitrogen and oxygen atoms in total. The average molecular weight is 500 g/mol. The Balaban J connectivity index is 1.74. The summed E-state index contributed by atoms with van der Waals surface area (Å²) >= 11 is 0. The van der Waals surface area contributed by atoms with E-state index >= 15 is 0 Å². The molecular weight excluding hydrogens is 466 g/mol. The lowest BCUT2D eigenvalue weighted by Crippen LogP contribution is -2.45. The molecular formula is C29H33N5O3. The van der Waals surface area contributed by atoms with Gasteiger partial charge in [0.15, 0.2) is 0 Å². The minimum atomic E-state index is -0.575. The second-order valence-electron chi connectivity index (χ2n) is 9.38. The number of benzene rings is 2. The van der Waals surface area contributed by atoms with Gasteiger partial charge >= 0.3 is 0 Å². The highest BCUT2D eigenvalue weighted by Crippen LogP contribution is 2.33. The van der Waals surface area contributed by atoms with Crippen LogP contribution in [-0.4, -0.2) is 47.3 Å². The van der Waals surface area contributed by atoms with E-state index in [2.05, 4.69) is 20.9 Å². The summed E-state index contributed by atoms with van der Waals surface area (Å²) in [6, 6.07) is 13.0. The number of rotatable bonds is 8. The first-order valence-electron chi connectivity index (χ1n) is 12.6. The van der Waals surface area contributed by atoms with Crippen LogP contribution >= 0.6 is 0 Å². The fourth-order valence-electron chi connectivity index (χ4n) is 4.88. The van der Waals surface area contributed by atoms with Crippen molar-refractivity contribution in [3.05, 3.63) is 77.2 Å². The molecule has 3 aromatic rings. The van der Waals surface area contributed by atoms with E-state index in [1.54, 1.807) is 19.4 Å². The van der Waals surface area contributed by atoms with E-state index in [4.69, 9.17) is 5.41 Å². The summed E-state index contributed by atoms with van der Waals surface area (Å²) in [6.07, 6.45) is 7.98. The molecule has 1 saturated carbocycles. The summed E-state index contributed by atoms with van der Waals surface area (Å²) in [5.41, 5.74) is 4.06. The summed E-state index contributed by atoms with van der Waals surface area (Å²) < 4.78 is 0.